The molecule has 1 N–H and O–H groups in total. The largest absolute Gasteiger partial charge is 0.386 e. The van der Waals surface area contributed by atoms with E-state index in [-0.39, 0.29) is 6.10 Å². The highest BCUT2D eigenvalue weighted by atomic mass is 32.1. The molecule has 0 bridgehead atoms. The number of aryl methyl sites for hydroxylation is 1. The zero-order valence-corrected chi connectivity index (χ0v) is 13.9. The lowest BCUT2D eigenvalue weighted by molar-refractivity contribution is 0.0712. The Balaban J connectivity index is 1.44. The number of aromatic nitrogens is 1. The molecule has 2 aromatic rings. The highest BCUT2D eigenvalue weighted by Crippen LogP contribution is 2.20. The van der Waals surface area contributed by atoms with Gasteiger partial charge in [0.15, 0.2) is 0 Å². The van der Waals surface area contributed by atoms with Gasteiger partial charge in [-0.3, -0.25) is 9.80 Å². The number of hydrogen-bond donors (Lipinski definition) is 1. The molecule has 1 aliphatic rings. The third kappa shape index (κ3) is 4.11. The normalized spacial score (nSPS) is 19.0. The number of aliphatic hydroxyl groups is 1. The number of thiazole rings is 1. The fourth-order valence-corrected chi connectivity index (χ4v) is 3.96. The Morgan fingerprint density at radius 2 is 2.00 bits per heavy atom. The maximum absolute atomic E-state index is 10.2. The standard InChI is InChI=1S/C15H21N3OS2/c1-12-16-13(11-21-12)9-17-4-6-18(7-5-17)10-14(19)15-3-2-8-20-15/h2-3,8,11,14,19H,4-7,9-10H2,1H3/t14-/m0/s1. The Labute approximate surface area is 133 Å². The molecule has 114 valence electrons. The van der Waals surface area contributed by atoms with E-state index in [1.165, 1.54) is 5.69 Å². The number of nitrogens with zero attached hydrogens (tertiary/aromatic N) is 3. The predicted octanol–water partition coefficient (Wildman–Crippen LogP) is 2.36. The van der Waals surface area contributed by atoms with Crippen LogP contribution in [0.3, 0.4) is 0 Å². The fourth-order valence-electron chi connectivity index (χ4n) is 2.66. The summed E-state index contributed by atoms with van der Waals surface area (Å²) in [5.74, 6) is 0. The van der Waals surface area contributed by atoms with Crippen LogP contribution in [0.15, 0.2) is 22.9 Å². The van der Waals surface area contributed by atoms with Crippen LogP contribution in [0, 0.1) is 6.92 Å². The first-order chi connectivity index (χ1) is 10.2. The second-order valence-electron chi connectivity index (χ2n) is 5.47. The minimum absolute atomic E-state index is 0.349. The Morgan fingerprint density at radius 1 is 1.24 bits per heavy atom. The van der Waals surface area contributed by atoms with Gasteiger partial charge in [0.1, 0.15) is 6.10 Å². The Bertz CT molecular complexity index is 547. The van der Waals surface area contributed by atoms with Crippen molar-refractivity contribution < 1.29 is 5.11 Å². The molecule has 0 aromatic carbocycles. The molecule has 3 rings (SSSR count). The van der Waals surface area contributed by atoms with E-state index in [0.717, 1.165) is 49.2 Å². The van der Waals surface area contributed by atoms with Gasteiger partial charge in [-0.25, -0.2) is 4.98 Å². The number of β-amino-alcohol motifs (C(OH)–C–C–N with tert-alkyl or cyclic N) is 1. The number of aliphatic hydroxyl groups excluding tert-OH is 1. The summed E-state index contributed by atoms with van der Waals surface area (Å²) in [6, 6.07) is 4.01. The van der Waals surface area contributed by atoms with E-state index >= 15 is 0 Å². The molecular weight excluding hydrogens is 302 g/mol. The average Bonchev–Trinajstić information content (AvgIpc) is 3.13. The van der Waals surface area contributed by atoms with Crippen LogP contribution < -0.4 is 0 Å². The minimum atomic E-state index is -0.349. The second-order valence-corrected chi connectivity index (χ2v) is 7.51. The molecule has 4 nitrogen and oxygen atoms in total. The van der Waals surface area contributed by atoms with Crippen molar-refractivity contribution in [1.29, 1.82) is 0 Å². The monoisotopic (exact) mass is 323 g/mol. The van der Waals surface area contributed by atoms with Gasteiger partial charge in [0, 0.05) is 49.5 Å². The number of hydrogen-bond acceptors (Lipinski definition) is 6. The van der Waals surface area contributed by atoms with Crippen molar-refractivity contribution in [2.75, 3.05) is 32.7 Å². The first-order valence-electron chi connectivity index (χ1n) is 7.28. The van der Waals surface area contributed by atoms with Crippen LogP contribution in [0.2, 0.25) is 0 Å². The van der Waals surface area contributed by atoms with E-state index < -0.39 is 0 Å². The predicted molar refractivity (Wildman–Crippen MR) is 87.8 cm³/mol. The topological polar surface area (TPSA) is 39.6 Å². The van der Waals surface area contributed by atoms with Crippen LogP contribution in [0.25, 0.3) is 0 Å². The number of thiophene rings is 1. The van der Waals surface area contributed by atoms with Crippen molar-refractivity contribution >= 4 is 22.7 Å². The molecule has 0 aliphatic carbocycles. The van der Waals surface area contributed by atoms with E-state index in [9.17, 15) is 5.11 Å². The first kappa shape index (κ1) is 15.1. The third-order valence-electron chi connectivity index (χ3n) is 3.82. The lowest BCUT2D eigenvalue weighted by atomic mass is 10.2. The third-order valence-corrected chi connectivity index (χ3v) is 5.62. The first-order valence-corrected chi connectivity index (χ1v) is 9.04. The molecule has 1 fully saturated rings. The molecule has 2 aromatic heterocycles. The minimum Gasteiger partial charge on any atom is -0.386 e. The Morgan fingerprint density at radius 3 is 2.62 bits per heavy atom. The summed E-state index contributed by atoms with van der Waals surface area (Å²) >= 11 is 3.35. The van der Waals surface area contributed by atoms with Gasteiger partial charge in [-0.1, -0.05) is 6.07 Å². The quantitative estimate of drug-likeness (QED) is 0.917. The molecule has 3 heterocycles. The fraction of sp³-hybridized carbons (Fsp3) is 0.533. The summed E-state index contributed by atoms with van der Waals surface area (Å²) in [7, 11) is 0. The van der Waals surface area contributed by atoms with Gasteiger partial charge < -0.3 is 5.11 Å². The molecule has 1 saturated heterocycles. The van der Waals surface area contributed by atoms with Gasteiger partial charge in [-0.2, -0.15) is 0 Å². The summed E-state index contributed by atoms with van der Waals surface area (Å²) in [5, 5.41) is 15.5. The van der Waals surface area contributed by atoms with Gasteiger partial charge in [-0.15, -0.1) is 22.7 Å². The lowest BCUT2D eigenvalue weighted by Gasteiger charge is -2.35. The maximum atomic E-state index is 10.2. The molecule has 1 aliphatic heterocycles. The average molecular weight is 323 g/mol. The van der Waals surface area contributed by atoms with Crippen molar-refractivity contribution in [1.82, 2.24) is 14.8 Å². The van der Waals surface area contributed by atoms with Crippen molar-refractivity contribution in [2.45, 2.75) is 19.6 Å². The number of piperazine rings is 1. The lowest BCUT2D eigenvalue weighted by Crippen LogP contribution is -2.47. The Hall–Kier alpha value is -0.790. The molecule has 0 spiro atoms. The molecular formula is C15H21N3OS2. The van der Waals surface area contributed by atoms with Crippen LogP contribution in [0.5, 0.6) is 0 Å². The van der Waals surface area contributed by atoms with Crippen LogP contribution in [-0.4, -0.2) is 52.6 Å². The van der Waals surface area contributed by atoms with E-state index in [4.69, 9.17) is 0 Å². The van der Waals surface area contributed by atoms with Gasteiger partial charge in [0.2, 0.25) is 0 Å². The zero-order chi connectivity index (χ0) is 14.7. The molecule has 21 heavy (non-hydrogen) atoms. The summed E-state index contributed by atoms with van der Waals surface area (Å²) < 4.78 is 0. The van der Waals surface area contributed by atoms with Crippen molar-refractivity contribution in [3.05, 3.63) is 38.5 Å². The molecule has 0 amide bonds. The second kappa shape index (κ2) is 6.98. The van der Waals surface area contributed by atoms with Crippen molar-refractivity contribution in [2.24, 2.45) is 0 Å². The molecule has 1 atom stereocenters. The molecule has 0 unspecified atom stereocenters. The summed E-state index contributed by atoms with van der Waals surface area (Å²) in [4.78, 5) is 10.4. The Kier molecular flexibility index (Phi) is 5.03. The van der Waals surface area contributed by atoms with E-state index in [1.54, 1.807) is 22.7 Å². The SMILES string of the molecule is Cc1nc(CN2CCN(C[C@H](O)c3cccs3)CC2)cs1. The van der Waals surface area contributed by atoms with Gasteiger partial charge >= 0.3 is 0 Å². The van der Waals surface area contributed by atoms with E-state index in [1.807, 2.05) is 17.5 Å². The maximum Gasteiger partial charge on any atom is 0.101 e. The molecule has 0 radical (unpaired) electrons. The highest BCUT2D eigenvalue weighted by Gasteiger charge is 2.20. The van der Waals surface area contributed by atoms with Crippen molar-refractivity contribution in [3.8, 4) is 0 Å². The van der Waals surface area contributed by atoms with Crippen LogP contribution in [0.4, 0.5) is 0 Å². The summed E-state index contributed by atoms with van der Waals surface area (Å²) in [6.45, 7) is 7.88. The van der Waals surface area contributed by atoms with Gasteiger partial charge in [0.05, 0.1) is 10.7 Å². The molecule has 0 saturated carbocycles. The highest BCUT2D eigenvalue weighted by molar-refractivity contribution is 7.10. The van der Waals surface area contributed by atoms with E-state index in [2.05, 4.69) is 27.1 Å². The van der Waals surface area contributed by atoms with Crippen LogP contribution >= 0.6 is 22.7 Å². The summed E-state index contributed by atoms with van der Waals surface area (Å²) in [5.41, 5.74) is 1.18. The zero-order valence-electron chi connectivity index (χ0n) is 12.2. The van der Waals surface area contributed by atoms with Gasteiger partial charge in [-0.05, 0) is 18.4 Å². The van der Waals surface area contributed by atoms with Gasteiger partial charge in [0.25, 0.3) is 0 Å². The summed E-state index contributed by atoms with van der Waals surface area (Å²) in [6.07, 6.45) is -0.349. The van der Waals surface area contributed by atoms with Crippen molar-refractivity contribution in [3.63, 3.8) is 0 Å². The van der Waals surface area contributed by atoms with E-state index in [0.29, 0.717) is 0 Å². The number of rotatable bonds is 5. The van der Waals surface area contributed by atoms with Crippen LogP contribution in [-0.2, 0) is 6.54 Å². The smallest absolute Gasteiger partial charge is 0.101 e. The van der Waals surface area contributed by atoms with Crippen LogP contribution in [0.1, 0.15) is 21.7 Å². The molecule has 6 heteroatoms.